The molecule has 0 aliphatic carbocycles. The van der Waals surface area contributed by atoms with Gasteiger partial charge in [0.25, 0.3) is 0 Å². The molecule has 2 heteroatoms. The second-order valence-corrected chi connectivity index (χ2v) is 19.4. The summed E-state index contributed by atoms with van der Waals surface area (Å²) >= 11 is 2.90. The molecule has 0 aliphatic heterocycles. The van der Waals surface area contributed by atoms with Gasteiger partial charge < -0.3 is 0 Å². The molecule has 0 aliphatic rings. The van der Waals surface area contributed by atoms with Gasteiger partial charge in [-0.1, -0.05) is 0 Å². The van der Waals surface area contributed by atoms with E-state index in [0.717, 1.165) is 0 Å². The van der Waals surface area contributed by atoms with Crippen LogP contribution in [0.4, 0.5) is 0 Å². The van der Waals surface area contributed by atoms with Gasteiger partial charge in [0, 0.05) is 0 Å². The van der Waals surface area contributed by atoms with E-state index in [1.807, 2.05) is 0 Å². The van der Waals surface area contributed by atoms with Crippen LogP contribution in [0.2, 0.25) is 0 Å². The predicted octanol–water partition coefficient (Wildman–Crippen LogP) is 6.31. The van der Waals surface area contributed by atoms with E-state index in [9.17, 15) is 0 Å². The Morgan fingerprint density at radius 2 is 1.12 bits per heavy atom. The second kappa shape index (κ2) is 8.29. The van der Waals surface area contributed by atoms with Crippen LogP contribution in [0.15, 0.2) is 0 Å². The van der Waals surface area contributed by atoms with Crippen LogP contribution in [-0.2, 0) is 0 Å². The van der Waals surface area contributed by atoms with E-state index in [1.165, 1.54) is 57.0 Å². The topological polar surface area (TPSA) is 0 Å². The third-order valence-electron chi connectivity index (χ3n) is 4.44. The Kier molecular flexibility index (Phi) is 8.90. The van der Waals surface area contributed by atoms with Gasteiger partial charge in [-0.25, -0.2) is 0 Å². The molecular weight excluding hydrogens is 326 g/mol. The Morgan fingerprint density at radius 3 is 1.56 bits per heavy atom. The molecule has 0 bridgehead atoms. The molecule has 0 heterocycles. The normalized spacial score (nSPS) is 14.7. The fraction of sp³-hybridized carbons (Fsp3) is 1.00. The molecule has 0 fully saturated rings. The average molecular weight is 358 g/mol. The van der Waals surface area contributed by atoms with Gasteiger partial charge in [-0.2, -0.15) is 0 Å². The standard InChI is InChI=1S/C14H32IP/c1-5-9-10-11-12-13-14-16(15,6-2,7-3)8-4/h5-14H2,1-4H3. The molecule has 0 atom stereocenters. The van der Waals surface area contributed by atoms with Gasteiger partial charge in [0.2, 0.25) is 0 Å². The Balaban J connectivity index is 3.87. The minimum atomic E-state index is -1.29. The summed E-state index contributed by atoms with van der Waals surface area (Å²) < 4.78 is -1.29. The molecule has 0 aromatic rings. The maximum absolute atomic E-state index is 2.90. The summed E-state index contributed by atoms with van der Waals surface area (Å²) in [5.74, 6) is 0. The first-order valence-corrected chi connectivity index (χ1v) is 13.0. The Bertz CT molecular complexity index is 165. The number of rotatable bonds is 10. The quantitative estimate of drug-likeness (QED) is 0.244. The van der Waals surface area contributed by atoms with Gasteiger partial charge in [-0.15, -0.1) is 0 Å². The van der Waals surface area contributed by atoms with E-state index in [2.05, 4.69) is 49.7 Å². The van der Waals surface area contributed by atoms with Crippen molar-refractivity contribution >= 4 is 26.3 Å². The van der Waals surface area contributed by atoms with Crippen molar-refractivity contribution < 1.29 is 0 Å². The van der Waals surface area contributed by atoms with Gasteiger partial charge >= 0.3 is 117 Å². The number of halogens is 1. The fourth-order valence-corrected chi connectivity index (χ4v) is 6.76. The van der Waals surface area contributed by atoms with Gasteiger partial charge in [-0.05, 0) is 0 Å². The first-order chi connectivity index (χ1) is 7.54. The van der Waals surface area contributed by atoms with Crippen molar-refractivity contribution in [2.45, 2.75) is 66.2 Å². The van der Waals surface area contributed by atoms with Crippen LogP contribution in [-0.4, -0.2) is 24.6 Å². The van der Waals surface area contributed by atoms with Crippen molar-refractivity contribution in [3.63, 3.8) is 0 Å². The van der Waals surface area contributed by atoms with Crippen LogP contribution < -0.4 is 0 Å². The molecule has 0 nitrogen and oxygen atoms in total. The number of hydrogen-bond acceptors (Lipinski definition) is 0. The predicted molar refractivity (Wildman–Crippen MR) is 90.8 cm³/mol. The van der Waals surface area contributed by atoms with E-state index >= 15 is 0 Å². The maximum atomic E-state index is 2.90. The summed E-state index contributed by atoms with van der Waals surface area (Å²) in [4.78, 5) is 0. The summed E-state index contributed by atoms with van der Waals surface area (Å²) in [6.07, 6.45) is 14.6. The van der Waals surface area contributed by atoms with Crippen LogP contribution in [0.5, 0.6) is 0 Å². The second-order valence-electron chi connectivity index (χ2n) is 5.26. The third-order valence-corrected chi connectivity index (χ3v) is 18.2. The molecule has 0 amide bonds. The summed E-state index contributed by atoms with van der Waals surface area (Å²) in [5, 5.41) is 0. The van der Waals surface area contributed by atoms with Crippen LogP contribution in [0.1, 0.15) is 66.2 Å². The molecule has 0 saturated heterocycles. The van der Waals surface area contributed by atoms with Gasteiger partial charge in [0.05, 0.1) is 0 Å². The molecule has 0 unspecified atom stereocenters. The van der Waals surface area contributed by atoms with Gasteiger partial charge in [-0.3, -0.25) is 0 Å². The molecule has 0 radical (unpaired) electrons. The molecule has 16 heavy (non-hydrogen) atoms. The Morgan fingerprint density at radius 1 is 0.688 bits per heavy atom. The van der Waals surface area contributed by atoms with E-state index in [0.29, 0.717) is 0 Å². The number of hydrogen-bond donors (Lipinski definition) is 0. The molecule has 0 aromatic heterocycles. The van der Waals surface area contributed by atoms with Crippen molar-refractivity contribution in [2.75, 3.05) is 24.6 Å². The van der Waals surface area contributed by atoms with E-state index < -0.39 is 4.25 Å². The summed E-state index contributed by atoms with van der Waals surface area (Å²) in [6, 6.07) is 0. The Hall–Kier alpha value is 1.16. The molecule has 0 spiro atoms. The van der Waals surface area contributed by atoms with Gasteiger partial charge in [0.1, 0.15) is 0 Å². The molecule has 0 saturated carbocycles. The molecule has 0 aromatic carbocycles. The van der Waals surface area contributed by atoms with Crippen LogP contribution in [0, 0.1) is 0 Å². The van der Waals surface area contributed by atoms with E-state index in [-0.39, 0.29) is 0 Å². The van der Waals surface area contributed by atoms with E-state index in [4.69, 9.17) is 0 Å². The first kappa shape index (κ1) is 17.2. The van der Waals surface area contributed by atoms with Crippen LogP contribution in [0.25, 0.3) is 0 Å². The van der Waals surface area contributed by atoms with Gasteiger partial charge in [0.15, 0.2) is 0 Å². The van der Waals surface area contributed by atoms with Crippen LogP contribution >= 0.6 is 26.3 Å². The van der Waals surface area contributed by atoms with Crippen molar-refractivity contribution in [1.82, 2.24) is 0 Å². The van der Waals surface area contributed by atoms with Crippen molar-refractivity contribution in [1.29, 1.82) is 0 Å². The zero-order chi connectivity index (χ0) is 12.5. The summed E-state index contributed by atoms with van der Waals surface area (Å²) in [6.45, 7) is 9.57. The third kappa shape index (κ3) is 5.67. The summed E-state index contributed by atoms with van der Waals surface area (Å²) in [5.41, 5.74) is 0. The minimum absolute atomic E-state index is 1.29. The van der Waals surface area contributed by atoms with E-state index in [1.54, 1.807) is 6.16 Å². The zero-order valence-corrected chi connectivity index (χ0v) is 14.9. The van der Waals surface area contributed by atoms with Crippen LogP contribution in [0.3, 0.4) is 0 Å². The first-order valence-electron chi connectivity index (χ1n) is 7.26. The van der Waals surface area contributed by atoms with Crippen molar-refractivity contribution in [2.24, 2.45) is 0 Å². The number of unbranched alkanes of at least 4 members (excludes halogenated alkanes) is 5. The summed E-state index contributed by atoms with van der Waals surface area (Å²) in [7, 11) is 0. The monoisotopic (exact) mass is 358 g/mol. The van der Waals surface area contributed by atoms with Crippen molar-refractivity contribution in [3.8, 4) is 0 Å². The fourth-order valence-electron chi connectivity index (χ4n) is 2.43. The molecule has 0 N–H and O–H groups in total. The molecule has 0 rings (SSSR count). The SMILES string of the molecule is CCCCCCCCP(I)(CC)(CC)CC. The van der Waals surface area contributed by atoms with Crippen molar-refractivity contribution in [3.05, 3.63) is 0 Å². The Labute approximate surface area is 117 Å². The average Bonchev–Trinajstić information content (AvgIpc) is 2.34. The molecular formula is C14H32IP. The zero-order valence-electron chi connectivity index (χ0n) is 11.9. The molecule has 100 valence electrons.